The Morgan fingerprint density at radius 2 is 0.732 bits per heavy atom. The number of allylic oxidation sites excluding steroid dienone is 8. The van der Waals surface area contributed by atoms with E-state index >= 15 is 0 Å². The molecule has 0 aromatic carbocycles. The normalized spacial score (nSPS) is 12.5. The van der Waals surface area contributed by atoms with Crippen molar-refractivity contribution in [1.29, 1.82) is 0 Å². The summed E-state index contributed by atoms with van der Waals surface area (Å²) in [6.07, 6.45) is 49.2. The van der Waals surface area contributed by atoms with Crippen molar-refractivity contribution in [2.24, 2.45) is 0 Å². The summed E-state index contributed by atoms with van der Waals surface area (Å²) in [7, 11) is 0. The Balaban J connectivity index is 3.39. The summed E-state index contributed by atoms with van der Waals surface area (Å²) in [5, 5.41) is 0.761. The summed E-state index contributed by atoms with van der Waals surface area (Å²) in [5.41, 5.74) is 0. The van der Waals surface area contributed by atoms with Gasteiger partial charge in [-0.1, -0.05) is 155 Å². The molecular weight excluding hydrogens is 568 g/mol. The minimum atomic E-state index is -0.0917. The molecule has 0 rings (SSSR count). The molecule has 2 nitrogen and oxygen atoms in total. The van der Waals surface area contributed by atoms with Crippen molar-refractivity contribution in [3.05, 3.63) is 48.6 Å². The van der Waals surface area contributed by atoms with Crippen molar-refractivity contribution < 1.29 is 9.47 Å². The first-order valence-corrected chi connectivity index (χ1v) is 18.9. The molecule has 0 aromatic rings. The summed E-state index contributed by atoms with van der Waals surface area (Å²) >= 11 is 3.55. The van der Waals surface area contributed by atoms with E-state index in [1.807, 2.05) is 0 Å². The van der Waals surface area contributed by atoms with Gasteiger partial charge in [-0.25, -0.2) is 0 Å². The molecule has 0 spiro atoms. The second-order valence-electron chi connectivity index (χ2n) is 11.5. The maximum absolute atomic E-state index is 5.94. The average Bonchev–Trinajstić information content (AvgIpc) is 2.99. The van der Waals surface area contributed by atoms with Gasteiger partial charge in [-0.3, -0.25) is 0 Å². The SMILES string of the molecule is CCCCC/C=C\C/C=C\CCCCCCCCOC(CBr)OCCCCCCCC/C=C\C/C=C\CCCCC. The highest BCUT2D eigenvalue weighted by Gasteiger charge is 2.07. The summed E-state index contributed by atoms with van der Waals surface area (Å²) in [6, 6.07) is 0. The zero-order valence-corrected chi connectivity index (χ0v) is 29.1. The van der Waals surface area contributed by atoms with Gasteiger partial charge in [0.25, 0.3) is 0 Å². The van der Waals surface area contributed by atoms with Gasteiger partial charge >= 0.3 is 0 Å². The Morgan fingerprint density at radius 3 is 1.07 bits per heavy atom. The number of halogens is 1. The van der Waals surface area contributed by atoms with Crippen molar-refractivity contribution in [2.75, 3.05) is 18.5 Å². The molecule has 0 N–H and O–H groups in total. The van der Waals surface area contributed by atoms with E-state index in [2.05, 4.69) is 78.4 Å². The fourth-order valence-electron chi connectivity index (χ4n) is 4.75. The van der Waals surface area contributed by atoms with Crippen LogP contribution in [0.15, 0.2) is 48.6 Å². The van der Waals surface area contributed by atoms with Gasteiger partial charge in [0.2, 0.25) is 0 Å². The standard InChI is InChI=1S/C38H69BrO2/c1-3-5-7-9-11-13-15-17-19-21-23-25-27-29-31-33-35-40-38(37-39)41-36-34-32-30-28-26-24-22-20-18-16-14-12-10-8-6-4-2/h11-14,17-20,38H,3-10,15-16,21-37H2,1-2H3/b13-11-,14-12-,19-17-,20-18-. The van der Waals surface area contributed by atoms with Crippen LogP contribution in [0.25, 0.3) is 0 Å². The van der Waals surface area contributed by atoms with Crippen LogP contribution in [0.4, 0.5) is 0 Å². The lowest BCUT2D eigenvalue weighted by Crippen LogP contribution is -2.20. The molecule has 0 saturated carbocycles. The first kappa shape index (κ1) is 40.4. The molecule has 0 unspecified atom stereocenters. The van der Waals surface area contributed by atoms with Gasteiger partial charge in [-0.2, -0.15) is 0 Å². The lowest BCUT2D eigenvalue weighted by Gasteiger charge is -2.16. The topological polar surface area (TPSA) is 18.5 Å². The second-order valence-corrected chi connectivity index (χ2v) is 12.1. The van der Waals surface area contributed by atoms with E-state index in [1.165, 1.54) is 128 Å². The minimum Gasteiger partial charge on any atom is -0.352 e. The van der Waals surface area contributed by atoms with Gasteiger partial charge < -0.3 is 9.47 Å². The number of rotatable bonds is 33. The number of hydrogen-bond acceptors (Lipinski definition) is 2. The number of alkyl halides is 1. The van der Waals surface area contributed by atoms with Crippen LogP contribution in [-0.4, -0.2) is 24.8 Å². The van der Waals surface area contributed by atoms with Crippen LogP contribution < -0.4 is 0 Å². The second kappa shape index (κ2) is 37.4. The fourth-order valence-corrected chi connectivity index (χ4v) is 5.12. The number of ether oxygens (including phenoxy) is 2. The van der Waals surface area contributed by atoms with Crippen LogP contribution in [-0.2, 0) is 9.47 Å². The smallest absolute Gasteiger partial charge is 0.167 e. The molecule has 0 fully saturated rings. The third-order valence-corrected chi connectivity index (χ3v) is 7.95. The van der Waals surface area contributed by atoms with Crippen LogP contribution in [0.2, 0.25) is 0 Å². The van der Waals surface area contributed by atoms with Gasteiger partial charge in [0, 0.05) is 13.2 Å². The number of hydrogen-bond donors (Lipinski definition) is 0. The van der Waals surface area contributed by atoms with E-state index in [0.717, 1.165) is 44.2 Å². The quantitative estimate of drug-likeness (QED) is 0.0308. The van der Waals surface area contributed by atoms with Crippen molar-refractivity contribution in [3.63, 3.8) is 0 Å². The monoisotopic (exact) mass is 636 g/mol. The molecule has 3 heteroatoms. The third-order valence-electron chi connectivity index (χ3n) is 7.42. The Hall–Kier alpha value is -0.640. The fraction of sp³-hybridized carbons (Fsp3) is 0.789. The molecule has 240 valence electrons. The molecule has 0 aliphatic rings. The molecule has 0 aliphatic heterocycles. The van der Waals surface area contributed by atoms with E-state index in [-0.39, 0.29) is 6.29 Å². The zero-order chi connectivity index (χ0) is 29.7. The zero-order valence-electron chi connectivity index (χ0n) is 27.5. The molecule has 0 heterocycles. The molecule has 0 bridgehead atoms. The summed E-state index contributed by atoms with van der Waals surface area (Å²) in [6.45, 7) is 6.15. The predicted octanol–water partition coefficient (Wildman–Crippen LogP) is 13.4. The summed E-state index contributed by atoms with van der Waals surface area (Å²) < 4.78 is 11.9. The van der Waals surface area contributed by atoms with Crippen LogP contribution in [0, 0.1) is 0 Å². The van der Waals surface area contributed by atoms with E-state index < -0.39 is 0 Å². The van der Waals surface area contributed by atoms with Gasteiger partial charge in [-0.15, -0.1) is 0 Å². The van der Waals surface area contributed by atoms with Gasteiger partial charge in [0.15, 0.2) is 6.29 Å². The molecular formula is C38H69BrO2. The Bertz CT molecular complexity index is 545. The van der Waals surface area contributed by atoms with Crippen molar-refractivity contribution in [2.45, 2.75) is 174 Å². The summed E-state index contributed by atoms with van der Waals surface area (Å²) in [4.78, 5) is 0. The lowest BCUT2D eigenvalue weighted by molar-refractivity contribution is -0.127. The van der Waals surface area contributed by atoms with Crippen molar-refractivity contribution in [3.8, 4) is 0 Å². The Kier molecular flexibility index (Phi) is 36.8. The number of unbranched alkanes of at least 4 members (excludes halogenated alkanes) is 18. The highest BCUT2D eigenvalue weighted by molar-refractivity contribution is 9.09. The van der Waals surface area contributed by atoms with E-state index in [1.54, 1.807) is 0 Å². The van der Waals surface area contributed by atoms with Crippen LogP contribution in [0.5, 0.6) is 0 Å². The average molecular weight is 638 g/mol. The highest BCUT2D eigenvalue weighted by Crippen LogP contribution is 2.11. The molecule has 0 saturated heterocycles. The first-order valence-electron chi connectivity index (χ1n) is 17.7. The van der Waals surface area contributed by atoms with Crippen LogP contribution in [0.1, 0.15) is 168 Å². The molecule has 0 aliphatic carbocycles. The Labute approximate surface area is 266 Å². The largest absolute Gasteiger partial charge is 0.352 e. The van der Waals surface area contributed by atoms with E-state index in [9.17, 15) is 0 Å². The van der Waals surface area contributed by atoms with Gasteiger partial charge in [0.05, 0.1) is 5.33 Å². The molecule has 0 atom stereocenters. The maximum Gasteiger partial charge on any atom is 0.167 e. The van der Waals surface area contributed by atoms with Crippen molar-refractivity contribution >= 4 is 15.9 Å². The van der Waals surface area contributed by atoms with E-state index in [4.69, 9.17) is 9.47 Å². The lowest BCUT2D eigenvalue weighted by atomic mass is 10.1. The highest BCUT2D eigenvalue weighted by atomic mass is 79.9. The molecule has 41 heavy (non-hydrogen) atoms. The maximum atomic E-state index is 5.94. The molecule has 0 aromatic heterocycles. The van der Waals surface area contributed by atoms with Gasteiger partial charge in [-0.05, 0) is 77.0 Å². The molecule has 0 amide bonds. The van der Waals surface area contributed by atoms with Crippen LogP contribution in [0.3, 0.4) is 0 Å². The summed E-state index contributed by atoms with van der Waals surface area (Å²) in [5.74, 6) is 0. The Morgan fingerprint density at radius 1 is 0.415 bits per heavy atom. The predicted molar refractivity (Wildman–Crippen MR) is 188 cm³/mol. The minimum absolute atomic E-state index is 0.0917. The van der Waals surface area contributed by atoms with Gasteiger partial charge in [0.1, 0.15) is 0 Å². The van der Waals surface area contributed by atoms with Crippen molar-refractivity contribution in [1.82, 2.24) is 0 Å². The third kappa shape index (κ3) is 35.5. The van der Waals surface area contributed by atoms with Crippen LogP contribution >= 0.6 is 15.9 Å². The molecule has 0 radical (unpaired) electrons. The first-order chi connectivity index (χ1) is 20.3. The van der Waals surface area contributed by atoms with E-state index in [0.29, 0.717) is 0 Å².